The summed E-state index contributed by atoms with van der Waals surface area (Å²) in [5.74, 6) is -26.2. The topological polar surface area (TPSA) is 47.6 Å². The minimum Gasteiger partial charge on any atom is -0.321 e. The Labute approximate surface area is 192 Å². The fourth-order valence-corrected chi connectivity index (χ4v) is 2.08. The highest BCUT2D eigenvalue weighted by Gasteiger charge is 2.85. The van der Waals surface area contributed by atoms with Gasteiger partial charge < -0.3 is 5.32 Å². The maximum atomic E-state index is 14.4. The number of nitrogens with one attached hydrogen (secondary N) is 1. The molecule has 0 heterocycles. The number of rotatable bonds is 8. The maximum Gasteiger partial charge on any atom is 0.462 e. The molecule has 1 rings (SSSR count). The van der Waals surface area contributed by atoms with Crippen molar-refractivity contribution in [3.05, 3.63) is 29.8 Å². The Morgan fingerprint density at radius 2 is 1.11 bits per heavy atom. The third-order valence-corrected chi connectivity index (χ3v) is 4.05. The Hall–Kier alpha value is -2.58. The molecule has 0 aliphatic carbocycles. The van der Waals surface area contributed by atoms with E-state index < -0.39 is 60.0 Å². The number of amides is 1. The van der Waals surface area contributed by atoms with Gasteiger partial charge in [0.25, 0.3) is 5.91 Å². The molecule has 0 saturated carbocycles. The van der Waals surface area contributed by atoms with E-state index in [-0.39, 0.29) is 5.56 Å². The molecule has 0 aliphatic heterocycles. The van der Waals surface area contributed by atoms with Gasteiger partial charge in [-0.1, -0.05) is 18.2 Å². The minimum atomic E-state index is -8.05. The van der Waals surface area contributed by atoms with Gasteiger partial charge in [-0.25, -0.2) is 0 Å². The standard InChI is InChI=1S/C16H8F17NO3/c1-6-4-2-3-5-7(6)34-8(35)9(17,12(21,22)23)36-16(32,33)11(20,14(27,28)29)37-15(30,31)10(18,19)13(24,25)26/h2-5H,1H3,(H,34,35)/t9-,11-/m1/s1. The summed E-state index contributed by atoms with van der Waals surface area (Å²) in [6, 6.07) is 3.74. The second-order valence-corrected chi connectivity index (χ2v) is 6.76. The third kappa shape index (κ3) is 5.80. The van der Waals surface area contributed by atoms with Gasteiger partial charge in [0.2, 0.25) is 0 Å². The molecule has 0 saturated heterocycles. The molecule has 37 heavy (non-hydrogen) atoms. The van der Waals surface area contributed by atoms with E-state index in [9.17, 15) is 79.4 Å². The number of alkyl halides is 17. The normalized spacial score (nSPS) is 17.7. The molecule has 0 aliphatic rings. The van der Waals surface area contributed by atoms with Crippen LogP contribution in [0.4, 0.5) is 80.3 Å². The average molecular weight is 585 g/mol. The van der Waals surface area contributed by atoms with E-state index in [1.807, 2.05) is 4.74 Å². The number of anilines is 1. The third-order valence-electron chi connectivity index (χ3n) is 4.05. The number of ether oxygens (including phenoxy) is 2. The van der Waals surface area contributed by atoms with Gasteiger partial charge in [0, 0.05) is 5.69 Å². The van der Waals surface area contributed by atoms with Gasteiger partial charge in [0.05, 0.1) is 0 Å². The first kappa shape index (κ1) is 32.4. The fraction of sp³-hybridized carbons (Fsp3) is 0.562. The van der Waals surface area contributed by atoms with Crippen molar-refractivity contribution in [2.75, 3.05) is 5.32 Å². The van der Waals surface area contributed by atoms with Crippen LogP contribution >= 0.6 is 0 Å². The van der Waals surface area contributed by atoms with Gasteiger partial charge in [-0.2, -0.15) is 74.6 Å². The van der Waals surface area contributed by atoms with E-state index in [1.54, 1.807) is 0 Å². The van der Waals surface area contributed by atoms with Crippen molar-refractivity contribution < 1.29 is 88.9 Å². The molecule has 214 valence electrons. The van der Waals surface area contributed by atoms with Crippen molar-refractivity contribution in [2.45, 2.75) is 55.3 Å². The molecule has 1 amide bonds. The van der Waals surface area contributed by atoms with Crippen LogP contribution in [0.1, 0.15) is 5.56 Å². The lowest BCUT2D eigenvalue weighted by Crippen LogP contribution is -2.68. The lowest BCUT2D eigenvalue weighted by molar-refractivity contribution is -0.548. The Morgan fingerprint density at radius 3 is 1.49 bits per heavy atom. The molecule has 0 aromatic heterocycles. The van der Waals surface area contributed by atoms with E-state index in [0.717, 1.165) is 30.4 Å². The highest BCUT2D eigenvalue weighted by Crippen LogP contribution is 2.56. The van der Waals surface area contributed by atoms with Gasteiger partial charge in [-0.15, -0.1) is 0 Å². The highest BCUT2D eigenvalue weighted by molar-refractivity contribution is 5.97. The predicted octanol–water partition coefficient (Wildman–Crippen LogP) is 6.81. The monoisotopic (exact) mass is 585 g/mol. The van der Waals surface area contributed by atoms with E-state index in [0.29, 0.717) is 6.07 Å². The number of carbonyl (C=O) groups is 1. The zero-order chi connectivity index (χ0) is 29.7. The summed E-state index contributed by atoms with van der Waals surface area (Å²) in [6.45, 7) is 0.992. The van der Waals surface area contributed by atoms with Crippen LogP contribution in [0.5, 0.6) is 0 Å². The minimum absolute atomic E-state index is 0.250. The van der Waals surface area contributed by atoms with E-state index in [2.05, 4.69) is 0 Å². The number of para-hydroxylation sites is 1. The van der Waals surface area contributed by atoms with E-state index in [1.165, 1.54) is 4.74 Å². The molecular formula is C16H8F17NO3. The largest absolute Gasteiger partial charge is 0.462 e. The van der Waals surface area contributed by atoms with Gasteiger partial charge in [-0.05, 0) is 18.6 Å². The summed E-state index contributed by atoms with van der Waals surface area (Å²) in [4.78, 5) is 11.7. The average Bonchev–Trinajstić information content (AvgIpc) is 2.66. The van der Waals surface area contributed by atoms with Crippen LogP contribution in [-0.4, -0.2) is 54.3 Å². The second-order valence-electron chi connectivity index (χ2n) is 6.76. The lowest BCUT2D eigenvalue weighted by atomic mass is 10.1. The molecule has 0 bridgehead atoms. The van der Waals surface area contributed by atoms with E-state index >= 15 is 0 Å². The molecule has 0 unspecified atom stereocenters. The number of aryl methyl sites for hydroxylation is 1. The number of halogens is 17. The zero-order valence-electron chi connectivity index (χ0n) is 17.0. The summed E-state index contributed by atoms with van der Waals surface area (Å²) in [6.07, 6.45) is -38.6. The smallest absolute Gasteiger partial charge is 0.321 e. The van der Waals surface area contributed by atoms with Crippen molar-refractivity contribution in [3.63, 3.8) is 0 Å². The first-order valence-corrected chi connectivity index (χ1v) is 8.56. The summed E-state index contributed by atoms with van der Waals surface area (Å²) >= 11 is 0. The molecule has 4 nitrogen and oxygen atoms in total. The van der Waals surface area contributed by atoms with Crippen molar-refractivity contribution in [3.8, 4) is 0 Å². The summed E-state index contributed by atoms with van der Waals surface area (Å²) < 4.78 is 226. The van der Waals surface area contributed by atoms with Gasteiger partial charge in [0.1, 0.15) is 0 Å². The first-order chi connectivity index (χ1) is 16.1. The number of carbonyl (C=O) groups excluding carboxylic acids is 1. The Morgan fingerprint density at radius 1 is 0.649 bits per heavy atom. The van der Waals surface area contributed by atoms with Crippen LogP contribution in [0, 0.1) is 6.92 Å². The zero-order valence-corrected chi connectivity index (χ0v) is 17.0. The molecule has 1 N–H and O–H groups in total. The van der Waals surface area contributed by atoms with E-state index in [4.69, 9.17) is 0 Å². The van der Waals surface area contributed by atoms with Crippen molar-refractivity contribution >= 4 is 11.6 Å². The number of hydrogen-bond donors (Lipinski definition) is 1. The summed E-state index contributed by atoms with van der Waals surface area (Å²) in [5.41, 5.74) is -1.10. The Bertz CT molecular complexity index is 986. The first-order valence-electron chi connectivity index (χ1n) is 8.56. The van der Waals surface area contributed by atoms with Crippen molar-refractivity contribution in [2.24, 2.45) is 0 Å². The lowest BCUT2D eigenvalue weighted by Gasteiger charge is -2.40. The fourth-order valence-electron chi connectivity index (χ4n) is 2.08. The Kier molecular flexibility index (Phi) is 8.17. The van der Waals surface area contributed by atoms with Crippen LogP contribution in [-0.2, 0) is 14.3 Å². The molecule has 0 radical (unpaired) electrons. The quantitative estimate of drug-likeness (QED) is 0.342. The van der Waals surface area contributed by atoms with Crippen molar-refractivity contribution in [1.82, 2.24) is 0 Å². The SMILES string of the molecule is Cc1ccccc1NC(=O)[C@@](F)(OC(F)(F)[C@](F)(OC(F)(F)C(F)(F)C(F)(F)F)C(F)(F)F)C(F)(F)F. The predicted molar refractivity (Wildman–Crippen MR) is 82.7 cm³/mol. The molecule has 2 atom stereocenters. The summed E-state index contributed by atoms with van der Waals surface area (Å²) in [7, 11) is 0. The molecular weight excluding hydrogens is 577 g/mol. The van der Waals surface area contributed by atoms with Crippen LogP contribution < -0.4 is 5.32 Å². The molecule has 0 fully saturated rings. The number of benzene rings is 1. The molecule has 1 aromatic carbocycles. The number of hydrogen-bond acceptors (Lipinski definition) is 3. The second kappa shape index (κ2) is 9.31. The summed E-state index contributed by atoms with van der Waals surface area (Å²) in [5, 5.41) is 0.909. The van der Waals surface area contributed by atoms with Crippen LogP contribution in [0.15, 0.2) is 24.3 Å². The van der Waals surface area contributed by atoms with Gasteiger partial charge in [-0.3, -0.25) is 14.3 Å². The molecule has 21 heteroatoms. The highest BCUT2D eigenvalue weighted by atomic mass is 19.4. The van der Waals surface area contributed by atoms with Gasteiger partial charge >= 0.3 is 48.4 Å². The maximum absolute atomic E-state index is 14.4. The van der Waals surface area contributed by atoms with Gasteiger partial charge in [0.15, 0.2) is 0 Å². The Balaban J connectivity index is 3.64. The molecule has 0 spiro atoms. The van der Waals surface area contributed by atoms with Crippen LogP contribution in [0.25, 0.3) is 0 Å². The van der Waals surface area contributed by atoms with Crippen LogP contribution in [0.2, 0.25) is 0 Å². The molecule has 1 aromatic rings. The van der Waals surface area contributed by atoms with Crippen LogP contribution in [0.3, 0.4) is 0 Å². The van der Waals surface area contributed by atoms with Crippen molar-refractivity contribution in [1.29, 1.82) is 0 Å².